The average Bonchev–Trinajstić information content (AvgIpc) is 2.64. The van der Waals surface area contributed by atoms with Crippen molar-refractivity contribution < 1.29 is 9.53 Å². The van der Waals surface area contributed by atoms with Crippen LogP contribution in [0.15, 0.2) is 47.4 Å². The van der Waals surface area contributed by atoms with Gasteiger partial charge < -0.3 is 15.4 Å². The number of ether oxygens (including phenoxy) is 1. The van der Waals surface area contributed by atoms with Crippen molar-refractivity contribution >= 4 is 40.7 Å². The van der Waals surface area contributed by atoms with Crippen molar-refractivity contribution in [3.05, 3.63) is 59.2 Å². The highest BCUT2D eigenvalue weighted by atomic mass is 32.2. The smallest absolute Gasteiger partial charge is 0.337 e. The van der Waals surface area contributed by atoms with E-state index in [0.717, 1.165) is 30.0 Å². The maximum Gasteiger partial charge on any atom is 0.337 e. The van der Waals surface area contributed by atoms with Crippen LogP contribution < -0.4 is 10.6 Å². The molecule has 0 aliphatic carbocycles. The van der Waals surface area contributed by atoms with Crippen LogP contribution in [0.2, 0.25) is 0 Å². The highest BCUT2D eigenvalue weighted by molar-refractivity contribution is 7.99. The summed E-state index contributed by atoms with van der Waals surface area (Å²) in [5.41, 5.74) is 3.59. The van der Waals surface area contributed by atoms with Gasteiger partial charge in [-0.2, -0.15) is 0 Å². The van der Waals surface area contributed by atoms with E-state index in [1.54, 1.807) is 12.1 Å². The number of carbonyl (C=O) groups is 1. The second-order valence-corrected chi connectivity index (χ2v) is 7.49. The number of esters is 1. The second-order valence-electron chi connectivity index (χ2n) is 5.92. The molecule has 2 N–H and O–H groups in total. The monoisotopic (exact) mass is 388 g/mol. The highest BCUT2D eigenvalue weighted by Crippen LogP contribution is 2.19. The average molecular weight is 389 g/mol. The number of anilines is 1. The van der Waals surface area contributed by atoms with Crippen molar-refractivity contribution in [2.45, 2.75) is 25.2 Å². The Labute approximate surface area is 164 Å². The fourth-order valence-corrected chi connectivity index (χ4v) is 3.33. The molecule has 0 radical (unpaired) electrons. The molecule has 4 nitrogen and oxygen atoms in total. The van der Waals surface area contributed by atoms with Crippen molar-refractivity contribution in [1.29, 1.82) is 0 Å². The van der Waals surface area contributed by atoms with E-state index in [2.05, 4.69) is 41.8 Å². The number of thioether (sulfide) groups is 1. The first-order chi connectivity index (χ1) is 12.5. The first-order valence-corrected chi connectivity index (χ1v) is 9.82. The summed E-state index contributed by atoms with van der Waals surface area (Å²) in [6.45, 7) is 4.85. The number of thiocarbonyl (C=S) groups is 1. The third-order valence-corrected chi connectivity index (χ3v) is 5.15. The molecule has 2 rings (SSSR count). The van der Waals surface area contributed by atoms with Gasteiger partial charge in [0, 0.05) is 17.1 Å². The number of hydrogen-bond donors (Lipinski definition) is 2. The van der Waals surface area contributed by atoms with Gasteiger partial charge in [0.25, 0.3) is 0 Å². The number of methoxy groups -OCH3 is 1. The summed E-state index contributed by atoms with van der Waals surface area (Å²) in [5, 5.41) is 6.91. The van der Waals surface area contributed by atoms with E-state index in [0.29, 0.717) is 10.7 Å². The lowest BCUT2D eigenvalue weighted by atomic mass is 10.1. The predicted octanol–water partition coefficient (Wildman–Crippen LogP) is 4.56. The van der Waals surface area contributed by atoms with Gasteiger partial charge in [-0.05, 0) is 68.1 Å². The standard InChI is InChI=1S/C20H24N2O2S2/c1-14-5-9-17(10-6-14)26-12-4-11-21-20(25)22-18-13-16(19(23)24-3)8-7-15(18)2/h5-10,13H,4,11-12H2,1-3H3,(H2,21,22,25). The largest absolute Gasteiger partial charge is 0.465 e. The summed E-state index contributed by atoms with van der Waals surface area (Å²) >= 11 is 7.19. The Hall–Kier alpha value is -2.05. The van der Waals surface area contributed by atoms with Gasteiger partial charge in [0.1, 0.15) is 0 Å². The molecule has 0 bridgehead atoms. The van der Waals surface area contributed by atoms with Crippen LogP contribution in [0, 0.1) is 13.8 Å². The minimum Gasteiger partial charge on any atom is -0.465 e. The molecular formula is C20H24N2O2S2. The molecule has 2 aromatic rings. The van der Waals surface area contributed by atoms with Crippen LogP contribution in [0.5, 0.6) is 0 Å². The van der Waals surface area contributed by atoms with Crippen LogP contribution in [0.25, 0.3) is 0 Å². The highest BCUT2D eigenvalue weighted by Gasteiger charge is 2.08. The van der Waals surface area contributed by atoms with Crippen LogP contribution in [0.1, 0.15) is 27.9 Å². The Balaban J connectivity index is 1.75. The molecular weight excluding hydrogens is 364 g/mol. The summed E-state index contributed by atoms with van der Waals surface area (Å²) in [4.78, 5) is 12.9. The topological polar surface area (TPSA) is 50.4 Å². The Morgan fingerprint density at radius 2 is 1.88 bits per heavy atom. The van der Waals surface area contributed by atoms with Gasteiger partial charge >= 0.3 is 5.97 Å². The third kappa shape index (κ3) is 6.35. The lowest BCUT2D eigenvalue weighted by Gasteiger charge is -2.13. The van der Waals surface area contributed by atoms with Crippen molar-refractivity contribution in [2.75, 3.05) is 24.7 Å². The quantitative estimate of drug-likeness (QED) is 0.314. The number of nitrogens with one attached hydrogen (secondary N) is 2. The van der Waals surface area contributed by atoms with Crippen LogP contribution >= 0.6 is 24.0 Å². The van der Waals surface area contributed by atoms with Gasteiger partial charge in [-0.15, -0.1) is 11.8 Å². The van der Waals surface area contributed by atoms with E-state index in [9.17, 15) is 4.79 Å². The van der Waals surface area contributed by atoms with Crippen LogP contribution in [0.4, 0.5) is 5.69 Å². The first kappa shape index (κ1) is 20.3. The molecule has 2 aromatic carbocycles. The van der Waals surface area contributed by atoms with E-state index in [4.69, 9.17) is 17.0 Å². The molecule has 6 heteroatoms. The van der Waals surface area contributed by atoms with Gasteiger partial charge in [-0.3, -0.25) is 0 Å². The molecule has 0 aliphatic heterocycles. The fraction of sp³-hybridized carbons (Fsp3) is 0.300. The maximum atomic E-state index is 11.6. The summed E-state index contributed by atoms with van der Waals surface area (Å²) < 4.78 is 4.75. The molecule has 0 amide bonds. The van der Waals surface area contributed by atoms with Crippen molar-refractivity contribution in [2.24, 2.45) is 0 Å². The lowest BCUT2D eigenvalue weighted by molar-refractivity contribution is 0.0601. The van der Waals surface area contributed by atoms with E-state index in [-0.39, 0.29) is 5.97 Å². The minimum absolute atomic E-state index is 0.361. The van der Waals surface area contributed by atoms with Crippen molar-refractivity contribution in [3.63, 3.8) is 0 Å². The molecule has 0 aliphatic rings. The molecule has 0 heterocycles. The van der Waals surface area contributed by atoms with E-state index >= 15 is 0 Å². The molecule has 138 valence electrons. The Kier molecular flexibility index (Phi) is 7.94. The number of benzene rings is 2. The summed E-state index contributed by atoms with van der Waals surface area (Å²) in [6.07, 6.45) is 1.00. The summed E-state index contributed by atoms with van der Waals surface area (Å²) in [6, 6.07) is 13.9. The van der Waals surface area contributed by atoms with Gasteiger partial charge in [-0.25, -0.2) is 4.79 Å². The summed E-state index contributed by atoms with van der Waals surface area (Å²) in [5.74, 6) is 0.662. The molecule has 26 heavy (non-hydrogen) atoms. The normalized spacial score (nSPS) is 10.3. The zero-order valence-electron chi connectivity index (χ0n) is 15.3. The Bertz CT molecular complexity index is 761. The molecule has 0 fully saturated rings. The second kappa shape index (κ2) is 10.2. The van der Waals surface area contributed by atoms with Gasteiger partial charge in [0.15, 0.2) is 5.11 Å². The Morgan fingerprint density at radius 3 is 2.58 bits per heavy atom. The zero-order chi connectivity index (χ0) is 18.9. The molecule has 0 unspecified atom stereocenters. The van der Waals surface area contributed by atoms with Crippen LogP contribution in [-0.4, -0.2) is 30.5 Å². The Morgan fingerprint density at radius 1 is 1.15 bits per heavy atom. The number of rotatable bonds is 7. The number of carbonyl (C=O) groups excluding carboxylic acids is 1. The number of hydrogen-bond acceptors (Lipinski definition) is 4. The fourth-order valence-electron chi connectivity index (χ4n) is 2.27. The molecule has 0 saturated heterocycles. The van der Waals surface area contributed by atoms with Gasteiger partial charge in [0.2, 0.25) is 0 Å². The minimum atomic E-state index is -0.361. The van der Waals surface area contributed by atoms with E-state index in [1.807, 2.05) is 24.8 Å². The maximum absolute atomic E-state index is 11.6. The lowest BCUT2D eigenvalue weighted by Crippen LogP contribution is -2.29. The van der Waals surface area contributed by atoms with E-state index in [1.165, 1.54) is 17.6 Å². The van der Waals surface area contributed by atoms with Gasteiger partial charge in [0.05, 0.1) is 12.7 Å². The summed E-state index contributed by atoms with van der Waals surface area (Å²) in [7, 11) is 1.37. The molecule has 0 atom stereocenters. The molecule has 0 spiro atoms. The zero-order valence-corrected chi connectivity index (χ0v) is 16.9. The van der Waals surface area contributed by atoms with Gasteiger partial charge in [-0.1, -0.05) is 23.8 Å². The van der Waals surface area contributed by atoms with Crippen LogP contribution in [-0.2, 0) is 4.74 Å². The number of aryl methyl sites for hydroxylation is 2. The molecule has 0 saturated carbocycles. The first-order valence-electron chi connectivity index (χ1n) is 8.43. The predicted molar refractivity (Wildman–Crippen MR) is 113 cm³/mol. The van der Waals surface area contributed by atoms with Crippen molar-refractivity contribution in [3.8, 4) is 0 Å². The third-order valence-electron chi connectivity index (χ3n) is 3.80. The van der Waals surface area contributed by atoms with Crippen molar-refractivity contribution in [1.82, 2.24) is 5.32 Å². The van der Waals surface area contributed by atoms with E-state index < -0.39 is 0 Å². The SMILES string of the molecule is COC(=O)c1ccc(C)c(NC(=S)NCCCSc2ccc(C)cc2)c1. The van der Waals surface area contributed by atoms with Crippen LogP contribution in [0.3, 0.4) is 0 Å². The molecule has 0 aromatic heterocycles.